The molecule has 0 saturated carbocycles. The lowest BCUT2D eigenvalue weighted by Gasteiger charge is -2.09. The molecule has 0 aliphatic heterocycles. The Bertz CT molecular complexity index is 599. The van der Waals surface area contributed by atoms with Crippen molar-refractivity contribution in [2.24, 2.45) is 0 Å². The van der Waals surface area contributed by atoms with Gasteiger partial charge in [0.05, 0.1) is 159 Å². The van der Waals surface area contributed by atoms with Crippen molar-refractivity contribution in [2.75, 3.05) is 165 Å². The Morgan fingerprint density at radius 2 is 0.364 bits per heavy atom. The second kappa shape index (κ2) is 53.5. The second-order valence-corrected chi connectivity index (χ2v) is 13.4. The molecular formula is C42H86O13. The Morgan fingerprint density at radius 1 is 0.200 bits per heavy atom. The Balaban J connectivity index is 3.05. The predicted molar refractivity (Wildman–Crippen MR) is 216 cm³/mol. The lowest BCUT2D eigenvalue weighted by molar-refractivity contribution is -0.0286. The summed E-state index contributed by atoms with van der Waals surface area (Å²) in [5, 5.41) is 8.59. The maximum atomic E-state index is 8.59. The van der Waals surface area contributed by atoms with Crippen LogP contribution in [0, 0.1) is 0 Å². The monoisotopic (exact) mass is 799 g/mol. The molecule has 55 heavy (non-hydrogen) atoms. The minimum atomic E-state index is 0.0271. The highest BCUT2D eigenvalue weighted by Gasteiger charge is 1.98. The van der Waals surface area contributed by atoms with Gasteiger partial charge in [-0.25, -0.2) is 0 Å². The number of ether oxygens (including phenoxy) is 12. The molecule has 0 saturated heterocycles. The number of hydrogen-bond donors (Lipinski definition) is 1. The minimum Gasteiger partial charge on any atom is -0.394 e. The van der Waals surface area contributed by atoms with E-state index in [0.717, 1.165) is 13.0 Å². The molecule has 0 bridgehead atoms. The normalized spacial score (nSPS) is 11.7. The summed E-state index contributed by atoms with van der Waals surface area (Å²) in [5.74, 6) is 0. The van der Waals surface area contributed by atoms with Crippen molar-refractivity contribution in [1.29, 1.82) is 0 Å². The predicted octanol–water partition coefficient (Wildman–Crippen LogP) is 6.44. The van der Waals surface area contributed by atoms with E-state index >= 15 is 0 Å². The van der Waals surface area contributed by atoms with Crippen LogP contribution >= 0.6 is 0 Å². The van der Waals surface area contributed by atoms with Crippen molar-refractivity contribution >= 4 is 0 Å². The first-order chi connectivity index (χ1) is 27.4. The molecule has 0 aromatic carbocycles. The Labute approximate surface area is 336 Å². The Hall–Kier alpha value is -0.520. The number of unbranched alkanes of at least 4 members (excludes halogenated alkanes) is 15. The van der Waals surface area contributed by atoms with Gasteiger partial charge in [0.15, 0.2) is 0 Å². The van der Waals surface area contributed by atoms with Crippen molar-refractivity contribution in [3.05, 3.63) is 0 Å². The van der Waals surface area contributed by atoms with Crippen LogP contribution in [0.2, 0.25) is 0 Å². The first kappa shape index (κ1) is 54.5. The van der Waals surface area contributed by atoms with Gasteiger partial charge >= 0.3 is 0 Å². The van der Waals surface area contributed by atoms with Gasteiger partial charge in [-0.1, -0.05) is 103 Å². The summed E-state index contributed by atoms with van der Waals surface area (Å²) in [6, 6.07) is 0. The van der Waals surface area contributed by atoms with Crippen molar-refractivity contribution < 1.29 is 61.9 Å². The summed E-state index contributed by atoms with van der Waals surface area (Å²) in [7, 11) is 0. The summed E-state index contributed by atoms with van der Waals surface area (Å²) in [5.41, 5.74) is 0. The van der Waals surface area contributed by atoms with Crippen LogP contribution in [0.4, 0.5) is 0 Å². The molecule has 0 fully saturated rings. The van der Waals surface area contributed by atoms with Crippen LogP contribution in [-0.2, 0) is 56.8 Å². The van der Waals surface area contributed by atoms with E-state index < -0.39 is 0 Å². The third-order valence-corrected chi connectivity index (χ3v) is 8.47. The van der Waals surface area contributed by atoms with E-state index in [0.29, 0.717) is 152 Å². The molecular weight excluding hydrogens is 712 g/mol. The fraction of sp³-hybridized carbons (Fsp3) is 1.00. The highest BCUT2D eigenvalue weighted by Crippen LogP contribution is 2.13. The minimum absolute atomic E-state index is 0.0271. The Kier molecular flexibility index (Phi) is 53.0. The fourth-order valence-corrected chi connectivity index (χ4v) is 5.34. The lowest BCUT2D eigenvalue weighted by Crippen LogP contribution is -2.15. The van der Waals surface area contributed by atoms with E-state index in [1.54, 1.807) is 0 Å². The highest BCUT2D eigenvalue weighted by atomic mass is 16.6. The van der Waals surface area contributed by atoms with Gasteiger partial charge < -0.3 is 61.9 Å². The molecule has 0 atom stereocenters. The SMILES string of the molecule is CCCCCCCCCCCCCCCCCCOCCOCCOCCOCCOCCOCCOCCOCCOCCOCCOCCOCCO. The summed E-state index contributed by atoms with van der Waals surface area (Å²) < 4.78 is 65.6. The largest absolute Gasteiger partial charge is 0.394 e. The van der Waals surface area contributed by atoms with Gasteiger partial charge in [0.2, 0.25) is 0 Å². The van der Waals surface area contributed by atoms with Crippen LogP contribution in [0.15, 0.2) is 0 Å². The quantitative estimate of drug-likeness (QED) is 0.0679. The van der Waals surface area contributed by atoms with Gasteiger partial charge in [0.1, 0.15) is 0 Å². The van der Waals surface area contributed by atoms with Gasteiger partial charge in [-0.3, -0.25) is 0 Å². The lowest BCUT2D eigenvalue weighted by atomic mass is 10.0. The molecule has 1 N–H and O–H groups in total. The van der Waals surface area contributed by atoms with Gasteiger partial charge in [-0.2, -0.15) is 0 Å². The molecule has 0 heterocycles. The molecule has 0 aliphatic rings. The zero-order valence-corrected chi connectivity index (χ0v) is 35.3. The molecule has 0 aliphatic carbocycles. The number of aliphatic hydroxyl groups excluding tert-OH is 1. The first-order valence-electron chi connectivity index (χ1n) is 22.0. The van der Waals surface area contributed by atoms with Crippen LogP contribution in [0.1, 0.15) is 110 Å². The molecule has 0 amide bonds. The highest BCUT2D eigenvalue weighted by molar-refractivity contribution is 4.50. The average molecular weight is 799 g/mol. The maximum absolute atomic E-state index is 8.59. The summed E-state index contributed by atoms with van der Waals surface area (Å²) in [6.07, 6.45) is 22.2. The van der Waals surface area contributed by atoms with Crippen LogP contribution < -0.4 is 0 Å². The van der Waals surface area contributed by atoms with Crippen LogP contribution in [0.3, 0.4) is 0 Å². The summed E-state index contributed by atoms with van der Waals surface area (Å²) >= 11 is 0. The van der Waals surface area contributed by atoms with E-state index in [4.69, 9.17) is 61.9 Å². The van der Waals surface area contributed by atoms with Gasteiger partial charge in [0.25, 0.3) is 0 Å². The fourth-order valence-electron chi connectivity index (χ4n) is 5.34. The van der Waals surface area contributed by atoms with Crippen molar-refractivity contribution in [3.63, 3.8) is 0 Å². The Morgan fingerprint density at radius 3 is 0.564 bits per heavy atom. The van der Waals surface area contributed by atoms with E-state index in [9.17, 15) is 0 Å². The molecule has 332 valence electrons. The van der Waals surface area contributed by atoms with Crippen molar-refractivity contribution in [3.8, 4) is 0 Å². The number of hydrogen-bond acceptors (Lipinski definition) is 13. The molecule has 13 nitrogen and oxygen atoms in total. The summed E-state index contributed by atoms with van der Waals surface area (Å²) in [4.78, 5) is 0. The van der Waals surface area contributed by atoms with Crippen molar-refractivity contribution in [1.82, 2.24) is 0 Å². The van der Waals surface area contributed by atoms with Gasteiger partial charge in [0, 0.05) is 6.61 Å². The average Bonchev–Trinajstić information content (AvgIpc) is 3.20. The molecule has 13 heteroatoms. The van der Waals surface area contributed by atoms with Crippen LogP contribution in [-0.4, -0.2) is 170 Å². The zero-order chi connectivity index (χ0) is 39.5. The number of aliphatic hydroxyl groups is 1. The van der Waals surface area contributed by atoms with E-state index in [-0.39, 0.29) is 6.61 Å². The maximum Gasteiger partial charge on any atom is 0.0701 e. The van der Waals surface area contributed by atoms with E-state index in [1.165, 1.54) is 96.3 Å². The van der Waals surface area contributed by atoms with Gasteiger partial charge in [-0.05, 0) is 6.42 Å². The third-order valence-electron chi connectivity index (χ3n) is 8.47. The smallest absolute Gasteiger partial charge is 0.0701 e. The molecule has 0 spiro atoms. The topological polar surface area (TPSA) is 131 Å². The number of rotatable bonds is 52. The second-order valence-electron chi connectivity index (χ2n) is 13.4. The standard InChI is InChI=1S/C42H86O13/c1-2-3-4-5-6-7-8-9-10-11-12-13-14-15-16-17-19-44-21-23-46-25-27-48-29-31-50-33-35-52-37-39-54-41-42-55-40-38-53-36-34-51-32-30-49-28-26-47-24-22-45-20-18-43/h43H,2-42H2,1H3. The van der Waals surface area contributed by atoms with E-state index in [1.807, 2.05) is 0 Å². The molecule has 0 rings (SSSR count). The third kappa shape index (κ3) is 53.5. The van der Waals surface area contributed by atoms with Gasteiger partial charge in [-0.15, -0.1) is 0 Å². The molecule has 0 aromatic heterocycles. The summed E-state index contributed by atoms with van der Waals surface area (Å²) in [6.45, 7) is 15.1. The molecule has 0 aromatic rings. The molecule has 0 unspecified atom stereocenters. The first-order valence-corrected chi connectivity index (χ1v) is 22.0. The van der Waals surface area contributed by atoms with Crippen molar-refractivity contribution in [2.45, 2.75) is 110 Å². The molecule has 0 radical (unpaired) electrons. The van der Waals surface area contributed by atoms with Crippen LogP contribution in [0.25, 0.3) is 0 Å². The van der Waals surface area contributed by atoms with E-state index in [2.05, 4.69) is 6.92 Å². The zero-order valence-electron chi connectivity index (χ0n) is 35.3. The van der Waals surface area contributed by atoms with Crippen LogP contribution in [0.5, 0.6) is 0 Å².